The van der Waals surface area contributed by atoms with Crippen LogP contribution in [0.25, 0.3) is 0 Å². The molecule has 3 aliphatic heterocycles. The molecule has 1 amide bonds. The molecule has 0 spiro atoms. The predicted molar refractivity (Wildman–Crippen MR) is 161 cm³/mol. The molecule has 3 aliphatic rings. The molecule has 4 heterocycles. The number of nitro benzene ring substituents is 1. The van der Waals surface area contributed by atoms with Gasteiger partial charge < -0.3 is 29.8 Å². The van der Waals surface area contributed by atoms with E-state index in [9.17, 15) is 34.3 Å². The quantitative estimate of drug-likeness (QED) is 0.0735. The van der Waals surface area contributed by atoms with Gasteiger partial charge in [-0.05, 0) is 31.0 Å². The molecular weight excluding hydrogens is 645 g/mol. The van der Waals surface area contributed by atoms with Gasteiger partial charge in [-0.3, -0.25) is 24.0 Å². The summed E-state index contributed by atoms with van der Waals surface area (Å²) in [6.07, 6.45) is 2.68. The number of nitrogens with zero attached hydrogens (tertiary/aromatic N) is 3. The number of phosphoric acid groups is 1. The first-order valence-electron chi connectivity index (χ1n) is 14.4. The molecule has 17 heteroatoms. The largest absolute Gasteiger partial charge is 0.870 e. The van der Waals surface area contributed by atoms with E-state index in [1.807, 2.05) is 37.5 Å². The maximum Gasteiger partial charge on any atom is 0.472 e. The molecule has 7 unspecified atom stereocenters. The van der Waals surface area contributed by atoms with Gasteiger partial charge >= 0.3 is 13.8 Å². The van der Waals surface area contributed by atoms with E-state index in [-0.39, 0.29) is 60.4 Å². The number of carbonyl (C=O) groups excluding carboxylic acids is 2. The molecule has 2 saturated heterocycles. The van der Waals surface area contributed by atoms with Gasteiger partial charge in [0.2, 0.25) is 5.91 Å². The molecule has 0 bridgehead atoms. The number of nitro groups is 1. The highest BCUT2D eigenvalue weighted by Crippen LogP contribution is 2.52. The average Bonchev–Trinajstić information content (AvgIpc) is 3.55. The van der Waals surface area contributed by atoms with Crippen LogP contribution < -0.4 is 4.57 Å². The first-order valence-corrected chi connectivity index (χ1v) is 16.8. The summed E-state index contributed by atoms with van der Waals surface area (Å²) in [4.78, 5) is 49.0. The average molecular weight is 682 g/mol. The van der Waals surface area contributed by atoms with Crippen molar-refractivity contribution in [1.29, 1.82) is 0 Å². The SMILES string of the molecule is CC(O)C1C(=O)N2C(C(=O)OCc3ccc([N+](=O)[O-])cc3)=C(SC3COC(COP(=O)(O)OCC[n+]4ccccc4)C3)C(C)C12.[OH-]. The standard InChI is InChI=1S/C29H34N3O11PS.H2O/c1-18-25-24(19(2)33)28(34)31(25)26(29(35)41-15-20-6-8-21(9-7-20)32(36)37)27(18)45-23-14-22(40-17-23)16-43-44(38,39)42-13-12-30-10-4-3-5-11-30;/h3-11,18-19,22-25,33H,12-17H2,1-2H3;1H2. The zero-order valence-electron chi connectivity index (χ0n) is 25.1. The number of aliphatic hydroxyl groups is 1. The molecule has 46 heavy (non-hydrogen) atoms. The molecular formula is C29H36N3O12PS. The van der Waals surface area contributed by atoms with E-state index in [1.54, 1.807) is 11.5 Å². The van der Waals surface area contributed by atoms with E-state index in [0.29, 0.717) is 23.4 Å². The molecule has 0 aliphatic carbocycles. The highest BCUT2D eigenvalue weighted by atomic mass is 32.2. The Morgan fingerprint density at radius 1 is 1.24 bits per heavy atom. The zero-order chi connectivity index (χ0) is 32.3. The number of benzene rings is 1. The van der Waals surface area contributed by atoms with Gasteiger partial charge in [-0.1, -0.05) is 13.0 Å². The number of phosphoric ester groups is 1. The van der Waals surface area contributed by atoms with Crippen LogP contribution in [0, 0.1) is 22.0 Å². The summed E-state index contributed by atoms with van der Waals surface area (Å²) in [5, 5.41) is 21.0. The van der Waals surface area contributed by atoms with E-state index in [0.717, 1.165) is 0 Å². The first kappa shape index (κ1) is 35.6. The van der Waals surface area contributed by atoms with Gasteiger partial charge in [0.05, 0.1) is 42.3 Å². The number of esters is 1. The van der Waals surface area contributed by atoms with Crippen molar-refractivity contribution in [2.45, 2.75) is 56.9 Å². The van der Waals surface area contributed by atoms with Crippen molar-refractivity contribution in [1.82, 2.24) is 4.90 Å². The van der Waals surface area contributed by atoms with Crippen LogP contribution in [0.2, 0.25) is 0 Å². The number of rotatable bonds is 14. The third-order valence-corrected chi connectivity index (χ3v) is 10.4. The number of hydrogen-bond acceptors (Lipinski definition) is 12. The van der Waals surface area contributed by atoms with Crippen molar-refractivity contribution in [3.05, 3.63) is 81.1 Å². The van der Waals surface area contributed by atoms with Crippen LogP contribution in [-0.4, -0.2) is 80.5 Å². The number of fused-ring (bicyclic) bond motifs is 1. The number of pyridine rings is 1. The number of amides is 1. The molecule has 15 nitrogen and oxygen atoms in total. The van der Waals surface area contributed by atoms with E-state index in [1.165, 1.54) is 40.9 Å². The van der Waals surface area contributed by atoms with Crippen LogP contribution in [0.15, 0.2) is 65.5 Å². The normalized spacial score (nSPS) is 25.7. The van der Waals surface area contributed by atoms with Crippen molar-refractivity contribution in [3.8, 4) is 0 Å². The minimum absolute atomic E-state index is 0. The maximum absolute atomic E-state index is 13.4. The van der Waals surface area contributed by atoms with Crippen molar-refractivity contribution in [3.63, 3.8) is 0 Å². The Labute approximate surface area is 269 Å². The van der Waals surface area contributed by atoms with Crippen molar-refractivity contribution >= 4 is 37.1 Å². The fourth-order valence-electron chi connectivity index (χ4n) is 5.71. The van der Waals surface area contributed by atoms with Crippen LogP contribution in [0.3, 0.4) is 0 Å². The van der Waals surface area contributed by atoms with Crippen molar-refractivity contribution in [2.24, 2.45) is 11.8 Å². The number of carbonyl (C=O) groups is 2. The van der Waals surface area contributed by atoms with Gasteiger partial charge in [-0.25, -0.2) is 13.9 Å². The second-order valence-electron chi connectivity index (χ2n) is 11.1. The second-order valence-corrected chi connectivity index (χ2v) is 13.9. The summed E-state index contributed by atoms with van der Waals surface area (Å²) in [6.45, 7) is 3.74. The third kappa shape index (κ3) is 8.01. The summed E-state index contributed by atoms with van der Waals surface area (Å²) in [5.41, 5.74) is 0.568. The number of β-lactam (4-membered cyclic amide) rings is 1. The molecule has 5 rings (SSSR count). The minimum atomic E-state index is -4.31. The Balaban J connectivity index is 0.00000480. The maximum atomic E-state index is 13.4. The van der Waals surface area contributed by atoms with E-state index < -0.39 is 42.9 Å². The van der Waals surface area contributed by atoms with Crippen LogP contribution in [0.5, 0.6) is 0 Å². The van der Waals surface area contributed by atoms with Crippen LogP contribution in [0.4, 0.5) is 5.69 Å². The fraction of sp³-hybridized carbons (Fsp3) is 0.483. The van der Waals surface area contributed by atoms with Crippen molar-refractivity contribution < 1.29 is 57.6 Å². The summed E-state index contributed by atoms with van der Waals surface area (Å²) in [7, 11) is -4.31. The third-order valence-electron chi connectivity index (χ3n) is 7.96. The molecule has 2 fully saturated rings. The number of ether oxygens (including phenoxy) is 2. The summed E-state index contributed by atoms with van der Waals surface area (Å²) in [6, 6.07) is 10.7. The Bertz CT molecular complexity index is 1490. The first-order chi connectivity index (χ1) is 21.4. The highest BCUT2D eigenvalue weighted by molar-refractivity contribution is 8.03. The number of hydrogen-bond donors (Lipinski definition) is 2. The summed E-state index contributed by atoms with van der Waals surface area (Å²) < 4.78 is 35.8. The molecule has 2 aromatic rings. The second kappa shape index (κ2) is 15.1. The summed E-state index contributed by atoms with van der Waals surface area (Å²) >= 11 is 1.38. The van der Waals surface area contributed by atoms with Crippen molar-refractivity contribution in [2.75, 3.05) is 19.8 Å². The highest BCUT2D eigenvalue weighted by Gasteiger charge is 2.60. The van der Waals surface area contributed by atoms with Crippen LogP contribution in [0.1, 0.15) is 25.8 Å². The topological polar surface area (TPSA) is 209 Å². The number of non-ortho nitro benzene ring substituents is 1. The Morgan fingerprint density at radius 3 is 2.59 bits per heavy atom. The van der Waals surface area contributed by atoms with Crippen LogP contribution >= 0.6 is 19.6 Å². The van der Waals surface area contributed by atoms with Gasteiger partial charge in [-0.15, -0.1) is 11.8 Å². The number of aromatic nitrogens is 1. The van der Waals surface area contributed by atoms with Gasteiger partial charge in [-0.2, -0.15) is 0 Å². The number of thioether (sulfide) groups is 1. The lowest BCUT2D eigenvalue weighted by atomic mass is 9.79. The summed E-state index contributed by atoms with van der Waals surface area (Å²) in [5.74, 6) is -2.00. The van der Waals surface area contributed by atoms with E-state index >= 15 is 0 Å². The van der Waals surface area contributed by atoms with E-state index in [4.69, 9.17) is 18.5 Å². The lowest BCUT2D eigenvalue weighted by molar-refractivity contribution is -0.697. The predicted octanol–water partition coefficient (Wildman–Crippen LogP) is 2.54. The molecule has 1 aromatic heterocycles. The Hall–Kier alpha value is -3.21. The monoisotopic (exact) mass is 681 g/mol. The number of aliphatic hydroxyl groups excluding tert-OH is 1. The lowest BCUT2D eigenvalue weighted by Gasteiger charge is -2.46. The lowest BCUT2D eigenvalue weighted by Crippen LogP contribution is -2.63. The van der Waals surface area contributed by atoms with Gasteiger partial charge in [0.15, 0.2) is 18.9 Å². The Morgan fingerprint density at radius 2 is 1.93 bits per heavy atom. The van der Waals surface area contributed by atoms with Gasteiger partial charge in [0, 0.05) is 40.3 Å². The zero-order valence-corrected chi connectivity index (χ0v) is 26.8. The molecule has 1 aromatic carbocycles. The molecule has 7 atom stereocenters. The molecule has 3 N–H and O–H groups in total. The minimum Gasteiger partial charge on any atom is -0.870 e. The molecule has 0 saturated carbocycles. The van der Waals surface area contributed by atoms with E-state index in [2.05, 4.69) is 0 Å². The fourth-order valence-corrected chi connectivity index (χ4v) is 7.92. The molecule has 250 valence electrons. The van der Waals surface area contributed by atoms with Gasteiger partial charge in [0.25, 0.3) is 5.69 Å². The van der Waals surface area contributed by atoms with Gasteiger partial charge in [0.1, 0.15) is 18.9 Å². The van der Waals surface area contributed by atoms with Crippen LogP contribution in [-0.2, 0) is 45.8 Å². The Kier molecular flexibility index (Phi) is 11.7. The molecule has 0 radical (unpaired) electrons. The smallest absolute Gasteiger partial charge is 0.472 e.